The van der Waals surface area contributed by atoms with E-state index in [9.17, 15) is 0 Å². The summed E-state index contributed by atoms with van der Waals surface area (Å²) in [5.41, 5.74) is 1.12. The Labute approximate surface area is 119 Å². The zero-order valence-electron chi connectivity index (χ0n) is 11.6. The third-order valence-corrected chi connectivity index (χ3v) is 3.82. The fraction of sp³-hybridized carbons (Fsp3) is 0.400. The van der Waals surface area contributed by atoms with Gasteiger partial charge in [-0.15, -0.1) is 11.3 Å². The van der Waals surface area contributed by atoms with E-state index in [1.165, 1.54) is 4.88 Å². The zero-order chi connectivity index (χ0) is 13.5. The van der Waals surface area contributed by atoms with E-state index in [1.54, 1.807) is 0 Å². The van der Waals surface area contributed by atoms with E-state index in [1.807, 2.05) is 17.4 Å². The summed E-state index contributed by atoms with van der Waals surface area (Å²) < 4.78 is 0. The summed E-state index contributed by atoms with van der Waals surface area (Å²) in [5.74, 6) is 0.965. The molecule has 0 aliphatic heterocycles. The van der Waals surface area contributed by atoms with Crippen molar-refractivity contribution in [3.63, 3.8) is 0 Å². The van der Waals surface area contributed by atoms with E-state index >= 15 is 0 Å². The van der Waals surface area contributed by atoms with Gasteiger partial charge in [-0.1, -0.05) is 19.1 Å². The lowest BCUT2D eigenvalue weighted by Gasteiger charge is -2.19. The molecule has 0 atom stereocenters. The third kappa shape index (κ3) is 4.33. The number of nitrogens with one attached hydrogen (secondary N) is 1. The van der Waals surface area contributed by atoms with Crippen LogP contribution in [0.3, 0.4) is 0 Å². The molecule has 0 bridgehead atoms. The molecule has 2 aromatic heterocycles. The summed E-state index contributed by atoms with van der Waals surface area (Å²) in [6.45, 7) is 8.12. The first-order valence-corrected chi connectivity index (χ1v) is 7.64. The van der Waals surface area contributed by atoms with Gasteiger partial charge in [0.05, 0.1) is 5.69 Å². The molecule has 3 nitrogen and oxygen atoms in total. The Morgan fingerprint density at radius 3 is 2.74 bits per heavy atom. The Morgan fingerprint density at radius 1 is 1.16 bits per heavy atom. The van der Waals surface area contributed by atoms with Crippen LogP contribution in [0.5, 0.6) is 0 Å². The van der Waals surface area contributed by atoms with Gasteiger partial charge in [0.1, 0.15) is 5.82 Å². The molecule has 0 fully saturated rings. The van der Waals surface area contributed by atoms with Gasteiger partial charge < -0.3 is 5.32 Å². The lowest BCUT2D eigenvalue weighted by Crippen LogP contribution is -2.22. The van der Waals surface area contributed by atoms with Crippen LogP contribution < -0.4 is 5.32 Å². The van der Waals surface area contributed by atoms with Crippen LogP contribution in [0.4, 0.5) is 5.82 Å². The molecule has 0 spiro atoms. The Balaban J connectivity index is 1.99. The van der Waals surface area contributed by atoms with E-state index in [4.69, 9.17) is 0 Å². The molecule has 0 radical (unpaired) electrons. The third-order valence-electron chi connectivity index (χ3n) is 2.96. The molecule has 0 amide bonds. The molecule has 4 heteroatoms. The number of nitrogens with zero attached hydrogens (tertiary/aromatic N) is 2. The number of anilines is 1. The molecule has 0 saturated carbocycles. The summed E-state index contributed by atoms with van der Waals surface area (Å²) in [6.07, 6.45) is 0. The lowest BCUT2D eigenvalue weighted by atomic mass is 10.3. The molecule has 0 aliphatic rings. The first kappa shape index (κ1) is 14.0. The van der Waals surface area contributed by atoms with Crippen molar-refractivity contribution in [2.75, 3.05) is 18.4 Å². The number of hydrogen-bond donors (Lipinski definition) is 1. The molecule has 0 aliphatic carbocycles. The molecule has 0 unspecified atom stereocenters. The van der Waals surface area contributed by atoms with Gasteiger partial charge in [0, 0.05) is 24.5 Å². The molecular formula is C15H21N3S. The highest BCUT2D eigenvalue weighted by atomic mass is 32.1. The summed E-state index contributed by atoms with van der Waals surface area (Å²) in [6, 6.07) is 10.5. The Hall–Kier alpha value is -1.39. The molecule has 0 aromatic carbocycles. The first-order valence-electron chi connectivity index (χ1n) is 6.76. The van der Waals surface area contributed by atoms with E-state index < -0.39 is 0 Å². The van der Waals surface area contributed by atoms with Crippen LogP contribution >= 0.6 is 11.3 Å². The van der Waals surface area contributed by atoms with Gasteiger partial charge in [0.2, 0.25) is 0 Å². The van der Waals surface area contributed by atoms with Crippen molar-refractivity contribution in [2.45, 2.75) is 26.9 Å². The highest BCUT2D eigenvalue weighted by Gasteiger charge is 2.07. The molecule has 0 saturated heterocycles. The van der Waals surface area contributed by atoms with Gasteiger partial charge in [-0.3, -0.25) is 4.90 Å². The minimum atomic E-state index is 0.896. The number of rotatable bonds is 7. The monoisotopic (exact) mass is 275 g/mol. The highest BCUT2D eigenvalue weighted by molar-refractivity contribution is 7.09. The fourth-order valence-electron chi connectivity index (χ4n) is 1.98. The largest absolute Gasteiger partial charge is 0.370 e. The molecule has 2 heterocycles. The molecule has 2 aromatic rings. The van der Waals surface area contributed by atoms with Crippen LogP contribution in [0.15, 0.2) is 35.7 Å². The number of aromatic nitrogens is 1. The van der Waals surface area contributed by atoms with E-state index in [0.29, 0.717) is 0 Å². The predicted molar refractivity (Wildman–Crippen MR) is 82.5 cm³/mol. The minimum absolute atomic E-state index is 0.896. The van der Waals surface area contributed by atoms with Crippen LogP contribution in [0.1, 0.15) is 24.4 Å². The van der Waals surface area contributed by atoms with Gasteiger partial charge in [-0.25, -0.2) is 4.98 Å². The minimum Gasteiger partial charge on any atom is -0.370 e. The van der Waals surface area contributed by atoms with E-state index in [-0.39, 0.29) is 0 Å². The maximum Gasteiger partial charge on any atom is 0.126 e. The standard InChI is InChI=1S/C15H21N3S/c1-3-16-15-9-5-7-13(17-15)11-18(4-2)12-14-8-6-10-19-14/h5-10H,3-4,11-12H2,1-2H3,(H,16,17). The van der Waals surface area contributed by atoms with Gasteiger partial charge in [-0.2, -0.15) is 0 Å². The van der Waals surface area contributed by atoms with Crippen molar-refractivity contribution < 1.29 is 0 Å². The summed E-state index contributed by atoms with van der Waals surface area (Å²) in [7, 11) is 0. The second-order valence-corrected chi connectivity index (χ2v) is 5.46. The Kier molecular flexibility index (Phi) is 5.36. The quantitative estimate of drug-likeness (QED) is 0.837. The predicted octanol–water partition coefficient (Wildman–Crippen LogP) is 3.60. The van der Waals surface area contributed by atoms with Crippen molar-refractivity contribution in [1.82, 2.24) is 9.88 Å². The first-order chi connectivity index (χ1) is 9.31. The Morgan fingerprint density at radius 2 is 2.05 bits per heavy atom. The second kappa shape index (κ2) is 7.26. The van der Waals surface area contributed by atoms with Crippen LogP contribution in [-0.4, -0.2) is 23.0 Å². The van der Waals surface area contributed by atoms with Crippen molar-refractivity contribution in [2.24, 2.45) is 0 Å². The van der Waals surface area contributed by atoms with Gasteiger partial charge in [-0.05, 0) is 37.0 Å². The van der Waals surface area contributed by atoms with Crippen molar-refractivity contribution >= 4 is 17.2 Å². The van der Waals surface area contributed by atoms with E-state index in [2.05, 4.69) is 58.7 Å². The summed E-state index contributed by atoms with van der Waals surface area (Å²) in [5, 5.41) is 5.39. The van der Waals surface area contributed by atoms with Gasteiger partial charge in [0.15, 0.2) is 0 Å². The SMILES string of the molecule is CCNc1cccc(CN(CC)Cc2cccs2)n1. The number of thiophene rings is 1. The van der Waals surface area contributed by atoms with Crippen molar-refractivity contribution in [3.8, 4) is 0 Å². The molecule has 1 N–H and O–H groups in total. The number of pyridine rings is 1. The van der Waals surface area contributed by atoms with Gasteiger partial charge in [0.25, 0.3) is 0 Å². The van der Waals surface area contributed by atoms with Crippen molar-refractivity contribution in [1.29, 1.82) is 0 Å². The second-order valence-electron chi connectivity index (χ2n) is 4.43. The molecular weight excluding hydrogens is 254 g/mol. The maximum atomic E-state index is 4.63. The van der Waals surface area contributed by atoms with Crippen LogP contribution in [-0.2, 0) is 13.1 Å². The smallest absolute Gasteiger partial charge is 0.126 e. The van der Waals surface area contributed by atoms with Crippen molar-refractivity contribution in [3.05, 3.63) is 46.3 Å². The van der Waals surface area contributed by atoms with E-state index in [0.717, 1.165) is 37.7 Å². The zero-order valence-corrected chi connectivity index (χ0v) is 12.4. The molecule has 19 heavy (non-hydrogen) atoms. The average molecular weight is 275 g/mol. The fourth-order valence-corrected chi connectivity index (χ4v) is 2.72. The summed E-state index contributed by atoms with van der Waals surface area (Å²) in [4.78, 5) is 8.44. The molecule has 2 rings (SSSR count). The molecule has 102 valence electrons. The van der Waals surface area contributed by atoms with Crippen LogP contribution in [0, 0.1) is 0 Å². The Bertz CT molecular complexity index is 482. The maximum absolute atomic E-state index is 4.63. The summed E-state index contributed by atoms with van der Waals surface area (Å²) >= 11 is 1.81. The normalized spacial score (nSPS) is 10.9. The highest BCUT2D eigenvalue weighted by Crippen LogP contribution is 2.14. The number of hydrogen-bond acceptors (Lipinski definition) is 4. The van der Waals surface area contributed by atoms with Crippen LogP contribution in [0.2, 0.25) is 0 Å². The topological polar surface area (TPSA) is 28.2 Å². The van der Waals surface area contributed by atoms with Gasteiger partial charge >= 0.3 is 0 Å². The lowest BCUT2D eigenvalue weighted by molar-refractivity contribution is 0.270. The average Bonchev–Trinajstić information content (AvgIpc) is 2.92. The van der Waals surface area contributed by atoms with Crippen LogP contribution in [0.25, 0.3) is 0 Å².